The summed E-state index contributed by atoms with van der Waals surface area (Å²) in [6, 6.07) is 5.60. The van der Waals surface area contributed by atoms with E-state index < -0.39 is 5.82 Å². The summed E-state index contributed by atoms with van der Waals surface area (Å²) in [7, 11) is 0. The van der Waals surface area contributed by atoms with Gasteiger partial charge in [0.15, 0.2) is 0 Å². The number of anilines is 1. The van der Waals surface area contributed by atoms with Crippen molar-refractivity contribution in [1.29, 1.82) is 0 Å². The Morgan fingerprint density at radius 3 is 2.83 bits per heavy atom. The molecule has 2 aromatic rings. The van der Waals surface area contributed by atoms with Crippen LogP contribution in [0.1, 0.15) is 28.9 Å². The fourth-order valence-electron chi connectivity index (χ4n) is 1.62. The number of carbonyl (C=O) groups is 1. The molecule has 1 aromatic heterocycles. The number of carbonyl (C=O) groups excluding carboxylic acids is 1. The predicted molar refractivity (Wildman–Crippen MR) is 71.0 cm³/mol. The summed E-state index contributed by atoms with van der Waals surface area (Å²) < 4.78 is 12.9. The molecule has 2 rings (SSSR count). The summed E-state index contributed by atoms with van der Waals surface area (Å²) in [5.41, 5.74) is 7.09. The lowest BCUT2D eigenvalue weighted by Crippen LogP contribution is -2.27. The SMILES string of the molecule is CC(NC(=O)c1ccc(F)cc1N)c1ccsc1. The van der Waals surface area contributed by atoms with Crippen molar-refractivity contribution in [3.63, 3.8) is 0 Å². The Hall–Kier alpha value is -1.88. The first-order valence-corrected chi connectivity index (χ1v) is 6.40. The van der Waals surface area contributed by atoms with Gasteiger partial charge in [-0.2, -0.15) is 11.3 Å². The number of amides is 1. The number of nitrogens with one attached hydrogen (secondary N) is 1. The Kier molecular flexibility index (Phi) is 3.62. The molecule has 18 heavy (non-hydrogen) atoms. The molecular weight excluding hydrogens is 251 g/mol. The lowest BCUT2D eigenvalue weighted by atomic mass is 10.1. The third kappa shape index (κ3) is 2.68. The first kappa shape index (κ1) is 12.6. The number of hydrogen-bond donors (Lipinski definition) is 2. The van der Waals surface area contributed by atoms with Crippen LogP contribution < -0.4 is 11.1 Å². The van der Waals surface area contributed by atoms with Gasteiger partial charge in [-0.25, -0.2) is 4.39 Å². The van der Waals surface area contributed by atoms with Gasteiger partial charge >= 0.3 is 0 Å². The number of rotatable bonds is 3. The summed E-state index contributed by atoms with van der Waals surface area (Å²) in [6.07, 6.45) is 0. The molecule has 1 atom stereocenters. The second-order valence-electron chi connectivity index (χ2n) is 3.98. The number of hydrogen-bond acceptors (Lipinski definition) is 3. The summed E-state index contributed by atoms with van der Waals surface area (Å²) in [5.74, 6) is -0.749. The van der Waals surface area contributed by atoms with Gasteiger partial charge in [0.2, 0.25) is 0 Å². The van der Waals surface area contributed by atoms with Gasteiger partial charge in [-0.05, 0) is 47.5 Å². The minimum Gasteiger partial charge on any atom is -0.398 e. The van der Waals surface area contributed by atoms with Crippen molar-refractivity contribution in [2.75, 3.05) is 5.73 Å². The van der Waals surface area contributed by atoms with Crippen LogP contribution in [0.15, 0.2) is 35.0 Å². The standard InChI is InChI=1S/C13H13FN2OS/c1-8(9-4-5-18-7-9)16-13(17)11-3-2-10(14)6-12(11)15/h2-8H,15H2,1H3,(H,16,17). The highest BCUT2D eigenvalue weighted by molar-refractivity contribution is 7.07. The van der Waals surface area contributed by atoms with E-state index in [-0.39, 0.29) is 17.6 Å². The van der Waals surface area contributed by atoms with Gasteiger partial charge in [0.05, 0.1) is 11.6 Å². The van der Waals surface area contributed by atoms with Crippen LogP contribution in [0, 0.1) is 5.82 Å². The van der Waals surface area contributed by atoms with Crippen LogP contribution in [0.4, 0.5) is 10.1 Å². The van der Waals surface area contributed by atoms with E-state index in [2.05, 4.69) is 5.32 Å². The Morgan fingerprint density at radius 1 is 1.44 bits per heavy atom. The molecule has 0 spiro atoms. The molecule has 94 valence electrons. The molecule has 0 aliphatic rings. The molecule has 5 heteroatoms. The molecule has 3 nitrogen and oxygen atoms in total. The molecule has 1 amide bonds. The van der Waals surface area contributed by atoms with E-state index in [0.29, 0.717) is 5.56 Å². The fraction of sp³-hybridized carbons (Fsp3) is 0.154. The molecule has 3 N–H and O–H groups in total. The number of halogens is 1. The maximum atomic E-state index is 12.9. The Balaban J connectivity index is 2.12. The summed E-state index contributed by atoms with van der Waals surface area (Å²) in [5, 5.41) is 6.74. The van der Waals surface area contributed by atoms with E-state index in [4.69, 9.17) is 5.73 Å². The summed E-state index contributed by atoms with van der Waals surface area (Å²) >= 11 is 1.57. The Bertz CT molecular complexity index is 554. The molecule has 0 bridgehead atoms. The van der Waals surface area contributed by atoms with E-state index in [1.54, 1.807) is 11.3 Å². The Morgan fingerprint density at radius 2 is 2.22 bits per heavy atom. The van der Waals surface area contributed by atoms with Crippen molar-refractivity contribution in [3.05, 3.63) is 52.0 Å². The van der Waals surface area contributed by atoms with Crippen molar-refractivity contribution in [2.45, 2.75) is 13.0 Å². The molecule has 0 radical (unpaired) electrons. The summed E-state index contributed by atoms with van der Waals surface area (Å²) in [6.45, 7) is 1.89. The average molecular weight is 264 g/mol. The largest absolute Gasteiger partial charge is 0.398 e. The number of nitrogen functional groups attached to an aromatic ring is 1. The smallest absolute Gasteiger partial charge is 0.253 e. The second kappa shape index (κ2) is 5.18. The minimum atomic E-state index is -0.449. The highest BCUT2D eigenvalue weighted by Gasteiger charge is 2.14. The molecule has 0 aliphatic carbocycles. The van der Waals surface area contributed by atoms with Crippen LogP contribution in [-0.4, -0.2) is 5.91 Å². The number of thiophene rings is 1. The highest BCUT2D eigenvalue weighted by atomic mass is 32.1. The Labute approximate surface area is 108 Å². The van der Waals surface area contributed by atoms with Crippen molar-refractivity contribution in [1.82, 2.24) is 5.32 Å². The van der Waals surface area contributed by atoms with Crippen molar-refractivity contribution < 1.29 is 9.18 Å². The topological polar surface area (TPSA) is 55.1 Å². The van der Waals surface area contributed by atoms with Crippen LogP contribution in [-0.2, 0) is 0 Å². The molecule has 0 saturated carbocycles. The fourth-order valence-corrected chi connectivity index (χ4v) is 2.37. The van der Waals surface area contributed by atoms with Crippen LogP contribution in [0.2, 0.25) is 0 Å². The zero-order valence-electron chi connectivity index (χ0n) is 9.81. The zero-order chi connectivity index (χ0) is 13.1. The van der Waals surface area contributed by atoms with E-state index in [9.17, 15) is 9.18 Å². The van der Waals surface area contributed by atoms with Crippen LogP contribution in [0.25, 0.3) is 0 Å². The molecule has 1 unspecified atom stereocenters. The van der Waals surface area contributed by atoms with Gasteiger partial charge in [0, 0.05) is 5.69 Å². The van der Waals surface area contributed by atoms with Crippen molar-refractivity contribution >= 4 is 22.9 Å². The molecule has 0 aliphatic heterocycles. The highest BCUT2D eigenvalue weighted by Crippen LogP contribution is 2.18. The lowest BCUT2D eigenvalue weighted by molar-refractivity contribution is 0.0941. The molecule has 1 aromatic carbocycles. The van der Waals surface area contributed by atoms with Gasteiger partial charge < -0.3 is 11.1 Å². The molecular formula is C13H13FN2OS. The lowest BCUT2D eigenvalue weighted by Gasteiger charge is -2.13. The van der Waals surface area contributed by atoms with Crippen LogP contribution in [0.3, 0.4) is 0 Å². The molecule has 0 saturated heterocycles. The van der Waals surface area contributed by atoms with Gasteiger partial charge in [-0.1, -0.05) is 0 Å². The zero-order valence-corrected chi connectivity index (χ0v) is 10.6. The average Bonchev–Trinajstić information content (AvgIpc) is 2.81. The normalized spacial score (nSPS) is 12.1. The quantitative estimate of drug-likeness (QED) is 0.837. The van der Waals surface area contributed by atoms with Gasteiger partial charge in [0.1, 0.15) is 5.82 Å². The second-order valence-corrected chi connectivity index (χ2v) is 4.76. The van der Waals surface area contributed by atoms with E-state index in [1.807, 2.05) is 23.8 Å². The maximum absolute atomic E-state index is 12.9. The summed E-state index contributed by atoms with van der Waals surface area (Å²) in [4.78, 5) is 12.0. The third-order valence-electron chi connectivity index (χ3n) is 2.65. The molecule has 0 fully saturated rings. The first-order valence-electron chi connectivity index (χ1n) is 5.46. The number of benzene rings is 1. The van der Waals surface area contributed by atoms with Gasteiger partial charge in [-0.15, -0.1) is 0 Å². The first-order chi connectivity index (χ1) is 8.58. The van der Waals surface area contributed by atoms with Gasteiger partial charge in [-0.3, -0.25) is 4.79 Å². The third-order valence-corrected chi connectivity index (χ3v) is 3.35. The molecule has 1 heterocycles. The monoisotopic (exact) mass is 264 g/mol. The van der Waals surface area contributed by atoms with Gasteiger partial charge in [0.25, 0.3) is 5.91 Å². The van der Waals surface area contributed by atoms with Crippen LogP contribution >= 0.6 is 11.3 Å². The van der Waals surface area contributed by atoms with E-state index >= 15 is 0 Å². The number of nitrogens with two attached hydrogens (primary N) is 1. The predicted octanol–water partition coefficient (Wildman–Crippen LogP) is 2.96. The maximum Gasteiger partial charge on any atom is 0.253 e. The van der Waals surface area contributed by atoms with E-state index in [1.165, 1.54) is 12.1 Å². The van der Waals surface area contributed by atoms with Crippen molar-refractivity contribution in [3.8, 4) is 0 Å². The van der Waals surface area contributed by atoms with E-state index in [0.717, 1.165) is 11.6 Å². The van der Waals surface area contributed by atoms with Crippen LogP contribution in [0.5, 0.6) is 0 Å². The van der Waals surface area contributed by atoms with Crippen molar-refractivity contribution in [2.24, 2.45) is 0 Å². The minimum absolute atomic E-state index is 0.104.